The first-order valence-corrected chi connectivity index (χ1v) is 8.41. The van der Waals surface area contributed by atoms with Gasteiger partial charge in [0.1, 0.15) is 5.69 Å². The van der Waals surface area contributed by atoms with Crippen molar-refractivity contribution in [3.8, 4) is 16.8 Å². The zero-order valence-corrected chi connectivity index (χ0v) is 14.8. The average molecular weight is 381 g/mol. The number of urea groups is 1. The molecule has 2 amide bonds. The molecule has 0 fully saturated rings. The van der Waals surface area contributed by atoms with Gasteiger partial charge in [0.05, 0.1) is 11.0 Å². The van der Waals surface area contributed by atoms with E-state index in [4.69, 9.17) is 5.73 Å². The summed E-state index contributed by atoms with van der Waals surface area (Å²) in [6.07, 6.45) is 6.01. The van der Waals surface area contributed by atoms with Crippen molar-refractivity contribution in [2.24, 2.45) is 0 Å². The summed E-state index contributed by atoms with van der Waals surface area (Å²) in [5.41, 5.74) is 7.16. The highest BCUT2D eigenvalue weighted by molar-refractivity contribution is 5.94. The van der Waals surface area contributed by atoms with Crippen LogP contribution in [0.15, 0.2) is 36.9 Å². The van der Waals surface area contributed by atoms with Crippen LogP contribution in [0.4, 0.5) is 21.1 Å². The summed E-state index contributed by atoms with van der Waals surface area (Å²) in [4.78, 5) is 26.9. The van der Waals surface area contributed by atoms with E-state index in [0.717, 1.165) is 0 Å². The number of nitrogens with two attached hydrogens (primary N) is 1. The fraction of sp³-hybridized carbons (Fsp3) is 0.118. The normalized spacial score (nSPS) is 10.9. The molecule has 0 aliphatic rings. The van der Waals surface area contributed by atoms with Crippen molar-refractivity contribution in [2.45, 2.75) is 6.92 Å². The van der Waals surface area contributed by atoms with Gasteiger partial charge in [-0.1, -0.05) is 0 Å². The van der Waals surface area contributed by atoms with E-state index in [-0.39, 0.29) is 23.1 Å². The van der Waals surface area contributed by atoms with E-state index in [1.54, 1.807) is 25.3 Å². The predicted molar refractivity (Wildman–Crippen MR) is 101 cm³/mol. The standard InChI is InChI=1S/C17H16FN9O/c1-2-20-17(28)26-16-24-11-6-10(9-7-21-15(19)22-8-9)12(18)14(13(11)25-16)27-5-3-4-23-27/h3-8H,2H2,1H3,(H2,19,21,22)(H3,20,24,25,26,28). The number of H-pyrrole nitrogens is 1. The Morgan fingerprint density at radius 1 is 1.36 bits per heavy atom. The van der Waals surface area contributed by atoms with Gasteiger partial charge in [0.25, 0.3) is 0 Å². The molecule has 0 saturated carbocycles. The number of hydrogen-bond donors (Lipinski definition) is 4. The second-order valence-electron chi connectivity index (χ2n) is 5.83. The molecule has 0 bridgehead atoms. The Hall–Kier alpha value is -4.02. The van der Waals surface area contributed by atoms with Crippen LogP contribution in [0.2, 0.25) is 0 Å². The smallest absolute Gasteiger partial charge is 0.321 e. The average Bonchev–Trinajstić information content (AvgIpc) is 3.32. The summed E-state index contributed by atoms with van der Waals surface area (Å²) >= 11 is 0. The number of nitrogens with zero attached hydrogens (tertiary/aromatic N) is 5. The fourth-order valence-corrected chi connectivity index (χ4v) is 2.78. The number of amides is 2. The van der Waals surface area contributed by atoms with Crippen LogP contribution in [-0.2, 0) is 0 Å². The van der Waals surface area contributed by atoms with Crippen LogP contribution in [0, 0.1) is 5.82 Å². The molecular weight excluding hydrogens is 365 g/mol. The minimum absolute atomic E-state index is 0.0886. The maximum atomic E-state index is 15.4. The van der Waals surface area contributed by atoms with Crippen molar-refractivity contribution < 1.29 is 9.18 Å². The number of fused-ring (bicyclic) bond motifs is 1. The molecule has 3 aromatic heterocycles. The van der Waals surface area contributed by atoms with E-state index >= 15 is 4.39 Å². The fourth-order valence-electron chi connectivity index (χ4n) is 2.78. The quantitative estimate of drug-likeness (QED) is 0.427. The van der Waals surface area contributed by atoms with E-state index in [2.05, 4.69) is 35.7 Å². The maximum absolute atomic E-state index is 15.4. The van der Waals surface area contributed by atoms with Gasteiger partial charge in [-0.25, -0.2) is 28.8 Å². The molecule has 1 aromatic carbocycles. The number of carbonyl (C=O) groups is 1. The molecule has 3 heterocycles. The van der Waals surface area contributed by atoms with Gasteiger partial charge in [-0.3, -0.25) is 5.32 Å². The van der Waals surface area contributed by atoms with Gasteiger partial charge in [-0.05, 0) is 19.1 Å². The molecule has 11 heteroatoms. The lowest BCUT2D eigenvalue weighted by molar-refractivity contribution is 0.252. The molecule has 0 saturated heterocycles. The molecule has 4 aromatic rings. The summed E-state index contributed by atoms with van der Waals surface area (Å²) in [6.45, 7) is 2.25. The van der Waals surface area contributed by atoms with Crippen molar-refractivity contribution in [1.82, 2.24) is 35.0 Å². The predicted octanol–water partition coefficient (Wildman–Crippen LogP) is 2.07. The number of anilines is 2. The highest BCUT2D eigenvalue weighted by atomic mass is 19.1. The van der Waals surface area contributed by atoms with Crippen LogP contribution in [0.25, 0.3) is 27.8 Å². The third kappa shape index (κ3) is 3.09. The minimum Gasteiger partial charge on any atom is -0.368 e. The number of rotatable bonds is 4. The molecule has 28 heavy (non-hydrogen) atoms. The Morgan fingerprint density at radius 2 is 2.14 bits per heavy atom. The Bertz CT molecular complexity index is 1140. The largest absolute Gasteiger partial charge is 0.368 e. The highest BCUT2D eigenvalue weighted by Gasteiger charge is 2.20. The van der Waals surface area contributed by atoms with Crippen LogP contribution in [0.1, 0.15) is 6.92 Å². The van der Waals surface area contributed by atoms with Crippen LogP contribution < -0.4 is 16.4 Å². The van der Waals surface area contributed by atoms with Crippen LogP contribution >= 0.6 is 0 Å². The number of nitrogen functional groups attached to an aromatic ring is 1. The lowest BCUT2D eigenvalue weighted by atomic mass is 10.1. The third-order valence-electron chi connectivity index (χ3n) is 3.98. The molecule has 0 atom stereocenters. The summed E-state index contributed by atoms with van der Waals surface area (Å²) in [5, 5.41) is 9.31. The second kappa shape index (κ2) is 6.95. The number of aromatic amines is 1. The van der Waals surface area contributed by atoms with Gasteiger partial charge in [0.15, 0.2) is 5.82 Å². The van der Waals surface area contributed by atoms with Gasteiger partial charge in [-0.2, -0.15) is 5.10 Å². The van der Waals surface area contributed by atoms with Gasteiger partial charge < -0.3 is 16.0 Å². The van der Waals surface area contributed by atoms with Gasteiger partial charge >= 0.3 is 6.03 Å². The van der Waals surface area contributed by atoms with Crippen molar-refractivity contribution >= 4 is 29.0 Å². The van der Waals surface area contributed by atoms with Crippen molar-refractivity contribution in [3.63, 3.8) is 0 Å². The summed E-state index contributed by atoms with van der Waals surface area (Å²) in [6, 6.07) is 2.80. The number of aromatic nitrogens is 6. The van der Waals surface area contributed by atoms with E-state index < -0.39 is 11.8 Å². The number of hydrogen-bond acceptors (Lipinski definition) is 6. The van der Waals surface area contributed by atoms with Gasteiger partial charge in [-0.15, -0.1) is 0 Å². The molecule has 0 radical (unpaired) electrons. The third-order valence-corrected chi connectivity index (χ3v) is 3.98. The van der Waals surface area contributed by atoms with Crippen molar-refractivity contribution in [1.29, 1.82) is 0 Å². The van der Waals surface area contributed by atoms with E-state index in [0.29, 0.717) is 23.1 Å². The summed E-state index contributed by atoms with van der Waals surface area (Å²) < 4.78 is 16.8. The van der Waals surface area contributed by atoms with Crippen molar-refractivity contribution in [3.05, 3.63) is 42.7 Å². The molecule has 10 nitrogen and oxygen atoms in total. The zero-order chi connectivity index (χ0) is 19.7. The lowest BCUT2D eigenvalue weighted by Gasteiger charge is -2.10. The van der Waals surface area contributed by atoms with E-state index in [9.17, 15) is 4.79 Å². The first-order chi connectivity index (χ1) is 13.6. The second-order valence-corrected chi connectivity index (χ2v) is 5.83. The molecule has 0 aliphatic heterocycles. The van der Waals surface area contributed by atoms with E-state index in [1.165, 1.54) is 23.3 Å². The molecule has 5 N–H and O–H groups in total. The minimum atomic E-state index is -0.544. The Labute approximate surface area is 158 Å². The van der Waals surface area contributed by atoms with Crippen molar-refractivity contribution in [2.75, 3.05) is 17.6 Å². The lowest BCUT2D eigenvalue weighted by Crippen LogP contribution is -2.28. The molecule has 0 spiro atoms. The Morgan fingerprint density at radius 3 is 2.82 bits per heavy atom. The Kier molecular flexibility index (Phi) is 4.32. The van der Waals surface area contributed by atoms with Crippen LogP contribution in [-0.4, -0.2) is 42.3 Å². The molecular formula is C17H16FN9O. The Balaban J connectivity index is 1.91. The van der Waals surface area contributed by atoms with Crippen LogP contribution in [0.5, 0.6) is 0 Å². The summed E-state index contributed by atoms with van der Waals surface area (Å²) in [7, 11) is 0. The molecule has 0 unspecified atom stereocenters. The summed E-state index contributed by atoms with van der Waals surface area (Å²) in [5.74, 6) is -0.275. The topological polar surface area (TPSA) is 139 Å². The first-order valence-electron chi connectivity index (χ1n) is 8.41. The van der Waals surface area contributed by atoms with E-state index in [1.807, 2.05) is 0 Å². The monoisotopic (exact) mass is 381 g/mol. The van der Waals surface area contributed by atoms with Gasteiger partial charge in [0, 0.05) is 42.5 Å². The van der Waals surface area contributed by atoms with Crippen LogP contribution in [0.3, 0.4) is 0 Å². The number of carbonyl (C=O) groups excluding carboxylic acids is 1. The maximum Gasteiger partial charge on any atom is 0.321 e. The number of benzene rings is 1. The van der Waals surface area contributed by atoms with Gasteiger partial charge in [0.2, 0.25) is 11.9 Å². The molecule has 142 valence electrons. The number of nitrogens with one attached hydrogen (secondary N) is 3. The molecule has 0 aliphatic carbocycles. The molecule has 4 rings (SSSR count). The number of imidazole rings is 1. The number of halogens is 1. The highest BCUT2D eigenvalue weighted by Crippen LogP contribution is 2.33. The zero-order valence-electron chi connectivity index (χ0n) is 14.8. The first kappa shape index (κ1) is 17.4. The SMILES string of the molecule is CCNC(=O)Nc1nc2cc(-c3cnc(N)nc3)c(F)c(-n3cccn3)c2[nH]1.